The van der Waals surface area contributed by atoms with Crippen molar-refractivity contribution in [3.05, 3.63) is 47.7 Å². The number of halogens is 5. The number of aliphatic imine (C=N–C) groups is 1. The van der Waals surface area contributed by atoms with E-state index in [4.69, 9.17) is 19.9 Å². The Hall–Kier alpha value is -3.19. The second kappa shape index (κ2) is 8.79. The van der Waals surface area contributed by atoms with Crippen molar-refractivity contribution in [1.82, 2.24) is 9.97 Å². The van der Waals surface area contributed by atoms with Gasteiger partial charge < -0.3 is 25.3 Å². The molecule has 1 saturated heterocycles. The van der Waals surface area contributed by atoms with E-state index in [9.17, 15) is 18.0 Å². The molecule has 1 unspecified atom stereocenters. The highest BCUT2D eigenvalue weighted by atomic mass is 35.5. The summed E-state index contributed by atoms with van der Waals surface area (Å²) in [7, 11) is 0. The third-order valence-electron chi connectivity index (χ3n) is 6.05. The predicted molar refractivity (Wildman–Crippen MR) is 116 cm³/mol. The van der Waals surface area contributed by atoms with E-state index in [1.165, 1.54) is 12.1 Å². The Labute approximate surface area is 202 Å². The van der Waals surface area contributed by atoms with Crippen LogP contribution < -0.4 is 15.8 Å². The summed E-state index contributed by atoms with van der Waals surface area (Å²) < 4.78 is 71.6. The summed E-state index contributed by atoms with van der Waals surface area (Å²) in [5.41, 5.74) is 1.61. The molecule has 5 rings (SSSR count). The topological polar surface area (TPSA) is 121 Å². The Morgan fingerprint density at radius 2 is 1.97 bits per heavy atom. The molecular weight excluding hydrogens is 498 g/mol. The molecule has 1 aliphatic carbocycles. The van der Waals surface area contributed by atoms with Gasteiger partial charge in [-0.05, 0) is 18.2 Å². The molecule has 3 heterocycles. The largest absolute Gasteiger partial charge is 0.476 e. The number of carbonyl (C=O) groups excluding carboxylic acids is 1. The van der Waals surface area contributed by atoms with Gasteiger partial charge in [-0.25, -0.2) is 32.5 Å². The number of nitrogens with two attached hydrogens (primary N) is 1. The van der Waals surface area contributed by atoms with Crippen LogP contribution in [0.1, 0.15) is 22.5 Å². The molecule has 0 spiro atoms. The molecule has 0 radical (unpaired) electrons. The summed E-state index contributed by atoms with van der Waals surface area (Å²) in [4.78, 5) is 24.4. The molecule has 3 atom stereocenters. The van der Waals surface area contributed by atoms with Gasteiger partial charge in [-0.2, -0.15) is 0 Å². The quantitative estimate of drug-likeness (QED) is 0.565. The lowest BCUT2D eigenvalue weighted by Crippen LogP contribution is -2.55. The Bertz CT molecular complexity index is 1170. The van der Waals surface area contributed by atoms with Crippen LogP contribution in [0.15, 0.2) is 35.6 Å². The molecule has 1 saturated carbocycles. The van der Waals surface area contributed by atoms with Crippen molar-refractivity contribution in [2.24, 2.45) is 16.6 Å². The predicted octanol–water partition coefficient (Wildman–Crippen LogP) is 2.60. The molecular formula is C21H20ClF4N5O4. The first kappa shape index (κ1) is 24.9. The van der Waals surface area contributed by atoms with Gasteiger partial charge in [0.05, 0.1) is 38.1 Å². The van der Waals surface area contributed by atoms with Crippen molar-refractivity contribution in [3.8, 4) is 5.88 Å². The fourth-order valence-electron chi connectivity index (χ4n) is 3.95. The van der Waals surface area contributed by atoms with E-state index in [0.717, 1.165) is 18.5 Å². The van der Waals surface area contributed by atoms with E-state index < -0.39 is 41.4 Å². The summed E-state index contributed by atoms with van der Waals surface area (Å²) in [6.45, 7) is -1.28. The molecule has 1 amide bonds. The normalized spacial score (nSPS) is 28.1. The zero-order valence-corrected chi connectivity index (χ0v) is 18.8. The average molecular weight is 518 g/mol. The van der Waals surface area contributed by atoms with E-state index in [2.05, 4.69) is 20.3 Å². The van der Waals surface area contributed by atoms with Crippen molar-refractivity contribution in [2.45, 2.75) is 23.6 Å². The summed E-state index contributed by atoms with van der Waals surface area (Å²) in [6, 6.07) is 3.31. The Morgan fingerprint density at radius 1 is 1.20 bits per heavy atom. The van der Waals surface area contributed by atoms with Crippen molar-refractivity contribution in [1.29, 1.82) is 0 Å². The van der Waals surface area contributed by atoms with Crippen molar-refractivity contribution >= 4 is 30.0 Å². The number of carbonyl (C=O) groups is 1. The van der Waals surface area contributed by atoms with Gasteiger partial charge in [0.15, 0.2) is 11.2 Å². The number of hydrogen-bond donors (Lipinski definition) is 2. The summed E-state index contributed by atoms with van der Waals surface area (Å²) in [6.07, 6.45) is 2.01. The second-order valence-corrected chi connectivity index (χ2v) is 8.42. The van der Waals surface area contributed by atoms with Crippen molar-refractivity contribution < 1.29 is 36.6 Å². The van der Waals surface area contributed by atoms with Crippen LogP contribution in [-0.2, 0) is 15.0 Å². The number of ether oxygens (including phenoxy) is 3. The van der Waals surface area contributed by atoms with Crippen molar-refractivity contribution in [3.63, 3.8) is 0 Å². The summed E-state index contributed by atoms with van der Waals surface area (Å²) in [5.74, 6) is -5.01. The van der Waals surface area contributed by atoms with Gasteiger partial charge in [0.2, 0.25) is 5.88 Å². The van der Waals surface area contributed by atoms with Crippen LogP contribution >= 0.6 is 12.4 Å². The number of nitrogens with one attached hydrogen (secondary N) is 1. The van der Waals surface area contributed by atoms with Gasteiger partial charge in [0, 0.05) is 17.7 Å². The zero-order valence-electron chi connectivity index (χ0n) is 18.0. The van der Waals surface area contributed by atoms with Crippen LogP contribution in [0.2, 0.25) is 0 Å². The van der Waals surface area contributed by atoms with Gasteiger partial charge in [-0.3, -0.25) is 4.79 Å². The lowest BCUT2D eigenvalue weighted by molar-refractivity contribution is 0.00905. The number of amidine groups is 1. The van der Waals surface area contributed by atoms with Crippen molar-refractivity contribution in [2.75, 3.05) is 31.7 Å². The zero-order chi connectivity index (χ0) is 24.1. The fraction of sp³-hybridized carbons (Fsp3) is 0.429. The summed E-state index contributed by atoms with van der Waals surface area (Å²) in [5, 5.41) is 2.53. The molecule has 14 heteroatoms. The Morgan fingerprint density at radius 3 is 2.66 bits per heavy atom. The van der Waals surface area contributed by atoms with Crippen LogP contribution in [0.5, 0.6) is 5.88 Å². The minimum atomic E-state index is -2.71. The number of amides is 1. The number of hydrogen-bond acceptors (Lipinski definition) is 8. The van der Waals surface area contributed by atoms with E-state index >= 15 is 4.39 Å². The Kier molecular flexibility index (Phi) is 6.26. The third kappa shape index (κ3) is 4.45. The molecule has 3 aliphatic rings. The van der Waals surface area contributed by atoms with Crippen LogP contribution in [-0.4, -0.2) is 59.9 Å². The van der Waals surface area contributed by atoms with Gasteiger partial charge >= 0.3 is 0 Å². The van der Waals surface area contributed by atoms with Crippen LogP contribution in [0.3, 0.4) is 0 Å². The van der Waals surface area contributed by atoms with Gasteiger partial charge in [-0.1, -0.05) is 0 Å². The second-order valence-electron chi connectivity index (χ2n) is 8.42. The molecule has 188 valence electrons. The molecule has 9 nitrogen and oxygen atoms in total. The maximum Gasteiger partial charge on any atom is 0.283 e. The van der Waals surface area contributed by atoms with E-state index in [1.54, 1.807) is 0 Å². The highest BCUT2D eigenvalue weighted by molar-refractivity contribution is 6.02. The molecule has 2 fully saturated rings. The van der Waals surface area contributed by atoms with Gasteiger partial charge in [0.25, 0.3) is 17.9 Å². The fourth-order valence-corrected chi connectivity index (χ4v) is 3.95. The molecule has 3 N–H and O–H groups in total. The first-order chi connectivity index (χ1) is 16.1. The van der Waals surface area contributed by atoms with Gasteiger partial charge in [-0.15, -0.1) is 12.4 Å². The van der Waals surface area contributed by atoms with Crippen LogP contribution in [0.4, 0.5) is 23.2 Å². The van der Waals surface area contributed by atoms with Gasteiger partial charge in [0.1, 0.15) is 18.1 Å². The Balaban J connectivity index is 0.00000289. The van der Waals surface area contributed by atoms with E-state index in [-0.39, 0.29) is 67.5 Å². The number of alkyl halides is 3. The highest BCUT2D eigenvalue weighted by Gasteiger charge is 2.62. The molecule has 2 aliphatic heterocycles. The third-order valence-corrected chi connectivity index (χ3v) is 6.05. The lowest BCUT2D eigenvalue weighted by Gasteiger charge is -2.38. The first-order valence-electron chi connectivity index (χ1n) is 10.3. The highest BCUT2D eigenvalue weighted by Crippen LogP contribution is 2.49. The molecule has 1 aromatic carbocycles. The standard InChI is InChI=1S/C21H19F4N5O4.ClH/c22-14-2-1-12(3-13(14)20-10-32-8-19(20,23)9-34-18(26)30-20)29-17(31)15-5-28-16(6-27-15)33-7-11-4-21(11,24)25;/h1-3,5-6,11H,4,7-10H2,(H2,26,30)(H,29,31);1H/t11?,19-,20-;/m1./s1. The average Bonchev–Trinajstić information content (AvgIpc) is 3.27. The van der Waals surface area contributed by atoms with Crippen LogP contribution in [0, 0.1) is 11.7 Å². The van der Waals surface area contributed by atoms with Crippen LogP contribution in [0.25, 0.3) is 0 Å². The molecule has 1 aromatic heterocycles. The maximum atomic E-state index is 15.6. The number of anilines is 1. The summed E-state index contributed by atoms with van der Waals surface area (Å²) >= 11 is 0. The minimum Gasteiger partial charge on any atom is -0.476 e. The lowest BCUT2D eigenvalue weighted by atomic mass is 9.78. The molecule has 0 bridgehead atoms. The number of nitrogens with zero attached hydrogens (tertiary/aromatic N) is 3. The maximum absolute atomic E-state index is 15.6. The molecule has 2 aromatic rings. The minimum absolute atomic E-state index is 0. The monoisotopic (exact) mass is 517 g/mol. The number of rotatable bonds is 6. The SMILES string of the molecule is Cl.NC1=N[C@@]2(c3cc(NC(=O)c4cnc(OCC5CC5(F)F)cn4)ccc3F)COC[C@@]2(F)CO1. The van der Waals surface area contributed by atoms with E-state index in [0.29, 0.717) is 0 Å². The number of benzene rings is 1. The first-order valence-corrected chi connectivity index (χ1v) is 10.3. The van der Waals surface area contributed by atoms with E-state index in [1.807, 2.05) is 0 Å². The number of fused-ring (bicyclic) bond motifs is 1. The number of aromatic nitrogens is 2. The smallest absolute Gasteiger partial charge is 0.283 e. The molecule has 35 heavy (non-hydrogen) atoms.